The maximum absolute atomic E-state index is 11.9. The van der Waals surface area contributed by atoms with Crippen LogP contribution in [0.15, 0.2) is 24.3 Å². The molecule has 1 amide bonds. The first-order valence-electron chi connectivity index (χ1n) is 6.43. The van der Waals surface area contributed by atoms with Gasteiger partial charge in [-0.15, -0.1) is 0 Å². The molecule has 1 aromatic rings. The third-order valence-corrected chi connectivity index (χ3v) is 2.75. The largest absolute Gasteiger partial charge is 0.493 e. The Kier molecular flexibility index (Phi) is 6.15. The lowest BCUT2D eigenvalue weighted by atomic mass is 10.2. The maximum Gasteiger partial charge on any atom is 0.226 e. The van der Waals surface area contributed by atoms with Gasteiger partial charge < -0.3 is 20.5 Å². The van der Waals surface area contributed by atoms with Gasteiger partial charge in [-0.2, -0.15) is 0 Å². The summed E-state index contributed by atoms with van der Waals surface area (Å²) in [4.78, 5) is 13.6. The molecule has 0 heterocycles. The Hall–Kier alpha value is -1.75. The van der Waals surface area contributed by atoms with Gasteiger partial charge in [0.2, 0.25) is 5.91 Å². The number of ether oxygens (including phenoxy) is 1. The van der Waals surface area contributed by atoms with Gasteiger partial charge in [-0.3, -0.25) is 4.79 Å². The molecule has 0 aliphatic heterocycles. The van der Waals surface area contributed by atoms with Crippen LogP contribution in [0.1, 0.15) is 20.3 Å². The highest BCUT2D eigenvalue weighted by Crippen LogP contribution is 2.13. The lowest BCUT2D eigenvalue weighted by Gasteiger charge is -2.25. The Bertz CT molecular complexity index is 390. The van der Waals surface area contributed by atoms with Crippen molar-refractivity contribution in [3.05, 3.63) is 24.3 Å². The summed E-state index contributed by atoms with van der Waals surface area (Å²) < 4.78 is 5.47. The molecule has 0 radical (unpaired) electrons. The van der Waals surface area contributed by atoms with Crippen molar-refractivity contribution in [1.82, 2.24) is 4.90 Å². The Balaban J connectivity index is 2.39. The van der Waals surface area contributed by atoms with Crippen molar-refractivity contribution in [2.75, 3.05) is 25.5 Å². The number of nitrogens with zero attached hydrogens (tertiary/aromatic N) is 1. The number of hydrogen-bond acceptors (Lipinski definition) is 4. The van der Waals surface area contributed by atoms with Crippen molar-refractivity contribution in [1.29, 1.82) is 0 Å². The first-order chi connectivity index (χ1) is 9.04. The second-order valence-corrected chi connectivity index (χ2v) is 4.57. The molecule has 0 unspecified atom stereocenters. The number of carbonyl (C=O) groups is 1. The Labute approximate surface area is 114 Å². The molecule has 0 atom stereocenters. The van der Waals surface area contributed by atoms with Crippen LogP contribution in [0.4, 0.5) is 5.69 Å². The molecule has 1 rings (SSSR count). The molecular formula is C14H22N2O3. The van der Waals surface area contributed by atoms with Gasteiger partial charge in [-0.1, -0.05) is 0 Å². The summed E-state index contributed by atoms with van der Waals surface area (Å²) in [6.07, 6.45) is 0.294. The van der Waals surface area contributed by atoms with Crippen molar-refractivity contribution in [3.8, 4) is 5.75 Å². The zero-order valence-electron chi connectivity index (χ0n) is 11.5. The fraction of sp³-hybridized carbons (Fsp3) is 0.500. The van der Waals surface area contributed by atoms with E-state index in [4.69, 9.17) is 15.6 Å². The van der Waals surface area contributed by atoms with Crippen LogP contribution in [-0.4, -0.2) is 41.7 Å². The van der Waals surface area contributed by atoms with Crippen LogP contribution in [0.3, 0.4) is 0 Å². The van der Waals surface area contributed by atoms with E-state index in [1.165, 1.54) is 0 Å². The zero-order valence-corrected chi connectivity index (χ0v) is 11.5. The van der Waals surface area contributed by atoms with Crippen molar-refractivity contribution in [2.45, 2.75) is 26.3 Å². The summed E-state index contributed by atoms with van der Waals surface area (Å²) in [5.41, 5.74) is 6.25. The highest BCUT2D eigenvalue weighted by atomic mass is 16.5. The number of hydrogen-bond donors (Lipinski definition) is 2. The number of aliphatic hydroxyl groups is 1. The predicted octanol–water partition coefficient (Wildman–Crippen LogP) is 1.27. The SMILES string of the molecule is CC(C)N(CCO)C(=O)CCOc1ccc(N)cc1. The van der Waals surface area contributed by atoms with E-state index in [9.17, 15) is 4.79 Å². The number of anilines is 1. The molecule has 0 aliphatic carbocycles. The second-order valence-electron chi connectivity index (χ2n) is 4.57. The summed E-state index contributed by atoms with van der Waals surface area (Å²) >= 11 is 0. The average Bonchev–Trinajstić information content (AvgIpc) is 2.37. The van der Waals surface area contributed by atoms with Gasteiger partial charge in [0.05, 0.1) is 19.6 Å². The summed E-state index contributed by atoms with van der Waals surface area (Å²) in [7, 11) is 0. The van der Waals surface area contributed by atoms with E-state index >= 15 is 0 Å². The molecule has 5 heteroatoms. The average molecular weight is 266 g/mol. The topological polar surface area (TPSA) is 75.8 Å². The zero-order chi connectivity index (χ0) is 14.3. The normalized spacial score (nSPS) is 10.5. The maximum atomic E-state index is 11.9. The monoisotopic (exact) mass is 266 g/mol. The number of benzene rings is 1. The number of rotatable bonds is 7. The van der Waals surface area contributed by atoms with E-state index in [1.807, 2.05) is 13.8 Å². The lowest BCUT2D eigenvalue weighted by molar-refractivity contribution is -0.133. The van der Waals surface area contributed by atoms with Gasteiger partial charge in [-0.05, 0) is 38.1 Å². The molecule has 0 aromatic heterocycles. The smallest absolute Gasteiger partial charge is 0.226 e. The van der Waals surface area contributed by atoms with Gasteiger partial charge in [0.1, 0.15) is 5.75 Å². The van der Waals surface area contributed by atoms with E-state index in [0.29, 0.717) is 31.0 Å². The highest BCUT2D eigenvalue weighted by Gasteiger charge is 2.15. The molecule has 106 valence electrons. The van der Waals surface area contributed by atoms with Crippen molar-refractivity contribution in [2.24, 2.45) is 0 Å². The van der Waals surface area contributed by atoms with E-state index in [0.717, 1.165) is 0 Å². The molecule has 0 fully saturated rings. The number of amides is 1. The number of aliphatic hydroxyl groups excluding tert-OH is 1. The molecule has 0 bridgehead atoms. The van der Waals surface area contributed by atoms with Crippen LogP contribution in [0, 0.1) is 0 Å². The first kappa shape index (κ1) is 15.3. The van der Waals surface area contributed by atoms with Crippen molar-refractivity contribution < 1.29 is 14.6 Å². The van der Waals surface area contributed by atoms with Gasteiger partial charge >= 0.3 is 0 Å². The van der Waals surface area contributed by atoms with Gasteiger partial charge in [0.25, 0.3) is 0 Å². The molecule has 0 saturated heterocycles. The summed E-state index contributed by atoms with van der Waals surface area (Å²) in [5, 5.41) is 8.93. The quantitative estimate of drug-likeness (QED) is 0.729. The first-order valence-corrected chi connectivity index (χ1v) is 6.43. The van der Waals surface area contributed by atoms with Crippen LogP contribution < -0.4 is 10.5 Å². The van der Waals surface area contributed by atoms with E-state index in [-0.39, 0.29) is 18.6 Å². The van der Waals surface area contributed by atoms with E-state index in [2.05, 4.69) is 0 Å². The Morgan fingerprint density at radius 1 is 1.37 bits per heavy atom. The summed E-state index contributed by atoms with van der Waals surface area (Å²) in [6.45, 7) is 4.50. The second kappa shape index (κ2) is 7.63. The van der Waals surface area contributed by atoms with Crippen molar-refractivity contribution >= 4 is 11.6 Å². The molecule has 3 N–H and O–H groups in total. The Morgan fingerprint density at radius 2 is 2.00 bits per heavy atom. The highest BCUT2D eigenvalue weighted by molar-refractivity contribution is 5.76. The van der Waals surface area contributed by atoms with E-state index < -0.39 is 0 Å². The summed E-state index contributed by atoms with van der Waals surface area (Å²) in [5.74, 6) is 0.680. The summed E-state index contributed by atoms with van der Waals surface area (Å²) in [6, 6.07) is 7.13. The minimum Gasteiger partial charge on any atom is -0.493 e. The van der Waals surface area contributed by atoms with Crippen LogP contribution in [-0.2, 0) is 4.79 Å². The number of carbonyl (C=O) groups excluding carboxylic acids is 1. The van der Waals surface area contributed by atoms with Gasteiger partial charge in [0.15, 0.2) is 0 Å². The molecule has 0 aliphatic rings. The number of nitrogens with two attached hydrogens (primary N) is 1. The number of nitrogen functional groups attached to an aromatic ring is 1. The van der Waals surface area contributed by atoms with Crippen LogP contribution >= 0.6 is 0 Å². The molecule has 5 nitrogen and oxygen atoms in total. The van der Waals surface area contributed by atoms with Gasteiger partial charge in [-0.25, -0.2) is 0 Å². The third-order valence-electron chi connectivity index (χ3n) is 2.75. The Morgan fingerprint density at radius 3 is 2.53 bits per heavy atom. The molecular weight excluding hydrogens is 244 g/mol. The molecule has 1 aromatic carbocycles. The molecule has 0 spiro atoms. The van der Waals surface area contributed by atoms with Crippen LogP contribution in [0.5, 0.6) is 5.75 Å². The van der Waals surface area contributed by atoms with E-state index in [1.54, 1.807) is 29.2 Å². The molecule has 19 heavy (non-hydrogen) atoms. The predicted molar refractivity (Wildman–Crippen MR) is 74.9 cm³/mol. The third kappa shape index (κ3) is 5.18. The lowest BCUT2D eigenvalue weighted by Crippen LogP contribution is -2.39. The minimum atomic E-state index is -0.0251. The minimum absolute atomic E-state index is 0.0144. The fourth-order valence-electron chi connectivity index (χ4n) is 1.74. The standard InChI is InChI=1S/C14H22N2O3/c1-11(2)16(8-9-17)14(18)7-10-19-13-5-3-12(15)4-6-13/h3-6,11,17H,7-10,15H2,1-2H3. The fourth-order valence-corrected chi connectivity index (χ4v) is 1.74. The molecule has 0 saturated carbocycles. The van der Waals surface area contributed by atoms with Crippen LogP contribution in [0.2, 0.25) is 0 Å². The van der Waals surface area contributed by atoms with Crippen molar-refractivity contribution in [3.63, 3.8) is 0 Å². The van der Waals surface area contributed by atoms with Crippen LogP contribution in [0.25, 0.3) is 0 Å². The van der Waals surface area contributed by atoms with Gasteiger partial charge in [0, 0.05) is 18.3 Å².